The zero-order chi connectivity index (χ0) is 11.4. The van der Waals surface area contributed by atoms with Crippen LogP contribution in [0, 0.1) is 0 Å². The maximum atomic E-state index is 11.0. The van der Waals surface area contributed by atoms with Crippen LogP contribution in [0.2, 0.25) is 10.0 Å². The number of nitrogens with one attached hydrogen (secondary N) is 1. The van der Waals surface area contributed by atoms with Gasteiger partial charge in [0.05, 0.1) is 10.0 Å². The molecule has 0 saturated carbocycles. The summed E-state index contributed by atoms with van der Waals surface area (Å²) in [6.45, 7) is 1.87. The summed E-state index contributed by atoms with van der Waals surface area (Å²) >= 11 is 11.6. The molecule has 0 radical (unpaired) electrons. The molecule has 0 aliphatic carbocycles. The minimum atomic E-state index is -0.387. The first kappa shape index (κ1) is 12.1. The van der Waals surface area contributed by atoms with Gasteiger partial charge in [0.2, 0.25) is 5.91 Å². The van der Waals surface area contributed by atoms with E-state index in [0.29, 0.717) is 16.5 Å². The fraction of sp³-hybridized carbons (Fsp3) is 0.300. The number of hydrogen-bond acceptors (Lipinski definition) is 2. The van der Waals surface area contributed by atoms with Gasteiger partial charge in [0.25, 0.3) is 0 Å². The molecule has 0 fully saturated rings. The third kappa shape index (κ3) is 3.29. The standard InChI is InChI=1S/C10H12Cl2N2O/c1-2-9(10(13)15)14-6-3-4-7(11)8(12)5-6/h3-5,9,14H,2H2,1H3,(H2,13,15). The van der Waals surface area contributed by atoms with E-state index in [4.69, 9.17) is 28.9 Å². The zero-order valence-corrected chi connectivity index (χ0v) is 9.77. The summed E-state index contributed by atoms with van der Waals surface area (Å²) in [5.41, 5.74) is 5.93. The van der Waals surface area contributed by atoms with Gasteiger partial charge >= 0.3 is 0 Å². The Balaban J connectivity index is 2.80. The van der Waals surface area contributed by atoms with Crippen molar-refractivity contribution >= 4 is 34.8 Å². The predicted molar refractivity (Wildman–Crippen MR) is 63.4 cm³/mol. The monoisotopic (exact) mass is 246 g/mol. The highest BCUT2D eigenvalue weighted by atomic mass is 35.5. The molecule has 1 aromatic rings. The lowest BCUT2D eigenvalue weighted by atomic mass is 10.2. The molecule has 1 rings (SSSR count). The molecule has 1 unspecified atom stereocenters. The molecule has 5 heteroatoms. The Labute approximate surface area is 98.5 Å². The van der Waals surface area contributed by atoms with E-state index in [9.17, 15) is 4.79 Å². The molecule has 0 saturated heterocycles. The largest absolute Gasteiger partial charge is 0.374 e. The first-order chi connectivity index (χ1) is 7.04. The van der Waals surface area contributed by atoms with Crippen LogP contribution in [0.4, 0.5) is 5.69 Å². The van der Waals surface area contributed by atoms with Crippen LogP contribution < -0.4 is 11.1 Å². The van der Waals surface area contributed by atoms with E-state index in [1.54, 1.807) is 18.2 Å². The normalized spacial score (nSPS) is 12.2. The summed E-state index contributed by atoms with van der Waals surface area (Å²) in [4.78, 5) is 11.0. The lowest BCUT2D eigenvalue weighted by molar-refractivity contribution is -0.118. The molecule has 1 amide bonds. The topological polar surface area (TPSA) is 55.1 Å². The van der Waals surface area contributed by atoms with Crippen LogP contribution in [-0.4, -0.2) is 11.9 Å². The van der Waals surface area contributed by atoms with Gasteiger partial charge in [-0.05, 0) is 24.6 Å². The molecule has 0 spiro atoms. The number of halogens is 2. The zero-order valence-electron chi connectivity index (χ0n) is 8.26. The average molecular weight is 247 g/mol. The van der Waals surface area contributed by atoms with Crippen molar-refractivity contribution in [3.63, 3.8) is 0 Å². The maximum Gasteiger partial charge on any atom is 0.239 e. The van der Waals surface area contributed by atoms with Crippen molar-refractivity contribution in [2.75, 3.05) is 5.32 Å². The average Bonchev–Trinajstić information content (AvgIpc) is 2.19. The van der Waals surface area contributed by atoms with E-state index < -0.39 is 0 Å². The smallest absolute Gasteiger partial charge is 0.239 e. The molecule has 0 bridgehead atoms. The van der Waals surface area contributed by atoms with Gasteiger partial charge in [-0.15, -0.1) is 0 Å². The van der Waals surface area contributed by atoms with Gasteiger partial charge in [-0.25, -0.2) is 0 Å². The lowest BCUT2D eigenvalue weighted by Crippen LogP contribution is -2.34. The Morgan fingerprint density at radius 1 is 1.47 bits per heavy atom. The quantitative estimate of drug-likeness (QED) is 0.859. The Morgan fingerprint density at radius 2 is 2.13 bits per heavy atom. The third-order valence-corrected chi connectivity index (χ3v) is 2.75. The van der Waals surface area contributed by atoms with Gasteiger partial charge in [0, 0.05) is 5.69 Å². The summed E-state index contributed by atoms with van der Waals surface area (Å²) in [7, 11) is 0. The molecule has 0 aromatic heterocycles. The summed E-state index contributed by atoms with van der Waals surface area (Å²) < 4.78 is 0. The molecule has 82 valence electrons. The molecular formula is C10H12Cl2N2O. The van der Waals surface area contributed by atoms with Crippen molar-refractivity contribution in [2.45, 2.75) is 19.4 Å². The van der Waals surface area contributed by atoms with Crippen molar-refractivity contribution in [2.24, 2.45) is 5.73 Å². The molecular weight excluding hydrogens is 235 g/mol. The van der Waals surface area contributed by atoms with E-state index in [2.05, 4.69) is 5.32 Å². The highest BCUT2D eigenvalue weighted by Gasteiger charge is 2.12. The highest BCUT2D eigenvalue weighted by molar-refractivity contribution is 6.42. The van der Waals surface area contributed by atoms with Gasteiger partial charge < -0.3 is 11.1 Å². The number of nitrogens with two attached hydrogens (primary N) is 1. The summed E-state index contributed by atoms with van der Waals surface area (Å²) in [5, 5.41) is 3.90. The number of carbonyl (C=O) groups excluding carboxylic acids is 1. The van der Waals surface area contributed by atoms with Crippen molar-refractivity contribution < 1.29 is 4.79 Å². The van der Waals surface area contributed by atoms with Gasteiger partial charge in [-0.2, -0.15) is 0 Å². The van der Waals surface area contributed by atoms with Crippen LogP contribution >= 0.6 is 23.2 Å². The molecule has 3 nitrogen and oxygen atoms in total. The van der Waals surface area contributed by atoms with Gasteiger partial charge in [0.1, 0.15) is 6.04 Å². The Kier molecular flexibility index (Phi) is 4.24. The number of carbonyl (C=O) groups is 1. The van der Waals surface area contributed by atoms with Crippen LogP contribution in [-0.2, 0) is 4.79 Å². The Bertz CT molecular complexity index is 368. The minimum Gasteiger partial charge on any atom is -0.374 e. The Hall–Kier alpha value is -0.930. The van der Waals surface area contributed by atoms with Crippen LogP contribution in [0.5, 0.6) is 0 Å². The van der Waals surface area contributed by atoms with Crippen LogP contribution in [0.25, 0.3) is 0 Å². The van der Waals surface area contributed by atoms with Crippen molar-refractivity contribution in [3.8, 4) is 0 Å². The van der Waals surface area contributed by atoms with Crippen molar-refractivity contribution in [3.05, 3.63) is 28.2 Å². The van der Waals surface area contributed by atoms with E-state index >= 15 is 0 Å². The lowest BCUT2D eigenvalue weighted by Gasteiger charge is -2.14. The first-order valence-electron chi connectivity index (χ1n) is 4.55. The number of benzene rings is 1. The van der Waals surface area contributed by atoms with Gasteiger partial charge in [-0.1, -0.05) is 30.1 Å². The summed E-state index contributed by atoms with van der Waals surface area (Å²) in [6, 6.07) is 4.69. The van der Waals surface area contributed by atoms with E-state index in [0.717, 1.165) is 5.69 Å². The fourth-order valence-electron chi connectivity index (χ4n) is 1.16. The second-order valence-corrected chi connectivity index (χ2v) is 3.95. The minimum absolute atomic E-state index is 0.386. The maximum absolute atomic E-state index is 11.0. The highest BCUT2D eigenvalue weighted by Crippen LogP contribution is 2.25. The number of hydrogen-bond donors (Lipinski definition) is 2. The fourth-order valence-corrected chi connectivity index (χ4v) is 1.46. The molecule has 1 atom stereocenters. The van der Waals surface area contributed by atoms with Crippen LogP contribution in [0.15, 0.2) is 18.2 Å². The van der Waals surface area contributed by atoms with E-state index in [-0.39, 0.29) is 11.9 Å². The van der Waals surface area contributed by atoms with Crippen molar-refractivity contribution in [1.82, 2.24) is 0 Å². The second kappa shape index (κ2) is 5.24. The predicted octanol–water partition coefficient (Wildman–Crippen LogP) is 2.67. The number of rotatable bonds is 4. The molecule has 15 heavy (non-hydrogen) atoms. The van der Waals surface area contributed by atoms with Crippen LogP contribution in [0.1, 0.15) is 13.3 Å². The molecule has 0 heterocycles. The van der Waals surface area contributed by atoms with Crippen molar-refractivity contribution in [1.29, 1.82) is 0 Å². The number of amides is 1. The van der Waals surface area contributed by atoms with Crippen LogP contribution in [0.3, 0.4) is 0 Å². The SMILES string of the molecule is CCC(Nc1ccc(Cl)c(Cl)c1)C(N)=O. The van der Waals surface area contributed by atoms with E-state index in [1.165, 1.54) is 0 Å². The van der Waals surface area contributed by atoms with E-state index in [1.807, 2.05) is 6.92 Å². The molecule has 3 N–H and O–H groups in total. The Morgan fingerprint density at radius 3 is 2.60 bits per heavy atom. The van der Waals surface area contributed by atoms with Gasteiger partial charge in [-0.3, -0.25) is 4.79 Å². The second-order valence-electron chi connectivity index (χ2n) is 3.14. The summed E-state index contributed by atoms with van der Waals surface area (Å²) in [6.07, 6.45) is 0.621. The summed E-state index contributed by atoms with van der Waals surface area (Å²) in [5.74, 6) is -0.386. The molecule has 0 aliphatic rings. The third-order valence-electron chi connectivity index (χ3n) is 2.01. The molecule has 1 aromatic carbocycles. The number of primary amides is 1. The number of anilines is 1. The first-order valence-corrected chi connectivity index (χ1v) is 5.31. The van der Waals surface area contributed by atoms with Gasteiger partial charge in [0.15, 0.2) is 0 Å². The molecule has 0 aliphatic heterocycles.